The number of hydrogen-bond acceptors (Lipinski definition) is 5. The molecule has 20 heavy (non-hydrogen) atoms. The van der Waals surface area contributed by atoms with Gasteiger partial charge in [-0.15, -0.1) is 0 Å². The van der Waals surface area contributed by atoms with E-state index in [1.165, 1.54) is 16.4 Å². The van der Waals surface area contributed by atoms with Gasteiger partial charge in [-0.3, -0.25) is 19.4 Å². The zero-order valence-electron chi connectivity index (χ0n) is 10.9. The summed E-state index contributed by atoms with van der Waals surface area (Å²) in [6, 6.07) is 5.34. The first-order valence-corrected chi connectivity index (χ1v) is 6.98. The predicted molar refractivity (Wildman–Crippen MR) is 78.3 cm³/mol. The Morgan fingerprint density at radius 3 is 2.75 bits per heavy atom. The first-order valence-electron chi connectivity index (χ1n) is 5.78. The fraction of sp³-hybridized carbons (Fsp3) is 0.250. The number of rotatable bonds is 3. The number of aromatic nitrogens is 3. The van der Waals surface area contributed by atoms with Crippen molar-refractivity contribution in [3.63, 3.8) is 0 Å². The van der Waals surface area contributed by atoms with Crippen molar-refractivity contribution in [1.29, 1.82) is 0 Å². The summed E-state index contributed by atoms with van der Waals surface area (Å²) in [5.74, 6) is 0. The fourth-order valence-electron chi connectivity index (χ4n) is 1.53. The minimum atomic E-state index is -0.825. The lowest BCUT2D eigenvalue weighted by Crippen LogP contribution is -2.33. The third-order valence-electron chi connectivity index (χ3n) is 2.63. The molecule has 0 saturated carbocycles. The number of benzene rings is 1. The van der Waals surface area contributed by atoms with Crippen LogP contribution in [0.5, 0.6) is 0 Å². The molecule has 0 unspecified atom stereocenters. The highest BCUT2D eigenvalue weighted by molar-refractivity contribution is 7.99. The first-order chi connectivity index (χ1) is 9.38. The maximum Gasteiger partial charge on any atom is 0.339 e. The van der Waals surface area contributed by atoms with Crippen LogP contribution in [0.25, 0.3) is 0 Å². The predicted octanol–water partition coefficient (Wildman–Crippen LogP) is 1.29. The molecule has 0 fully saturated rings. The van der Waals surface area contributed by atoms with Crippen LogP contribution in [0, 0.1) is 0 Å². The molecule has 1 aromatic heterocycles. The van der Waals surface area contributed by atoms with Gasteiger partial charge in [-0.2, -0.15) is 4.98 Å². The molecule has 2 aromatic rings. The van der Waals surface area contributed by atoms with E-state index in [1.54, 1.807) is 13.1 Å². The Morgan fingerprint density at radius 1 is 1.45 bits per heavy atom. The van der Waals surface area contributed by atoms with E-state index < -0.39 is 11.1 Å². The molecule has 0 aliphatic heterocycles. The molecule has 0 spiro atoms. The minimum Gasteiger partial charge on any atom is -0.324 e. The topological polar surface area (TPSA) is 93.8 Å². The van der Waals surface area contributed by atoms with Crippen molar-refractivity contribution in [2.24, 2.45) is 12.8 Å². The number of nitrogens with one attached hydrogen (secondary N) is 1. The largest absolute Gasteiger partial charge is 0.339 e. The molecule has 0 aliphatic rings. The summed E-state index contributed by atoms with van der Waals surface area (Å²) >= 11 is 7.38. The smallest absolute Gasteiger partial charge is 0.324 e. The highest BCUT2D eigenvalue weighted by atomic mass is 35.5. The number of nitrogens with two attached hydrogens (primary N) is 1. The van der Waals surface area contributed by atoms with E-state index in [2.05, 4.69) is 10.1 Å². The summed E-state index contributed by atoms with van der Waals surface area (Å²) in [5, 5.41) is 3.25. The number of aryl methyl sites for hydroxylation is 1. The maximum atomic E-state index is 11.3. The van der Waals surface area contributed by atoms with Gasteiger partial charge in [-0.1, -0.05) is 17.7 Å². The number of nitrogens with zero attached hydrogens (tertiary/aromatic N) is 2. The summed E-state index contributed by atoms with van der Waals surface area (Å²) in [4.78, 5) is 26.8. The average molecular weight is 313 g/mol. The molecule has 2 rings (SSSR count). The van der Waals surface area contributed by atoms with Crippen LogP contribution in [0.3, 0.4) is 0 Å². The van der Waals surface area contributed by atoms with Crippen LogP contribution in [-0.2, 0) is 7.05 Å². The Balaban J connectivity index is 2.38. The summed E-state index contributed by atoms with van der Waals surface area (Å²) < 4.78 is 1.38. The Kier molecular flexibility index (Phi) is 4.32. The van der Waals surface area contributed by atoms with Crippen LogP contribution >= 0.6 is 23.4 Å². The van der Waals surface area contributed by atoms with Gasteiger partial charge in [0.1, 0.15) is 0 Å². The number of H-pyrrole nitrogens is 1. The van der Waals surface area contributed by atoms with Gasteiger partial charge < -0.3 is 5.73 Å². The number of aromatic amines is 1. The second kappa shape index (κ2) is 5.82. The number of hydrogen-bond donors (Lipinski definition) is 2. The zero-order chi connectivity index (χ0) is 14.9. The van der Waals surface area contributed by atoms with Gasteiger partial charge in [0.05, 0.1) is 5.02 Å². The van der Waals surface area contributed by atoms with Gasteiger partial charge in [0, 0.05) is 18.0 Å². The summed E-state index contributed by atoms with van der Waals surface area (Å²) in [6.07, 6.45) is 0. The van der Waals surface area contributed by atoms with E-state index in [9.17, 15) is 9.59 Å². The van der Waals surface area contributed by atoms with Gasteiger partial charge >= 0.3 is 11.1 Å². The van der Waals surface area contributed by atoms with Crippen molar-refractivity contribution in [1.82, 2.24) is 14.8 Å². The molecule has 0 amide bonds. The van der Waals surface area contributed by atoms with Crippen LogP contribution < -0.4 is 16.9 Å². The second-order valence-electron chi connectivity index (χ2n) is 4.28. The molecule has 3 N–H and O–H groups in total. The quantitative estimate of drug-likeness (QED) is 0.833. The van der Waals surface area contributed by atoms with Gasteiger partial charge in [0.25, 0.3) is 0 Å². The van der Waals surface area contributed by atoms with Gasteiger partial charge in [0.2, 0.25) is 0 Å². The van der Waals surface area contributed by atoms with Crippen molar-refractivity contribution in [3.8, 4) is 0 Å². The van der Waals surface area contributed by atoms with Gasteiger partial charge in [0.15, 0.2) is 5.16 Å². The minimum absolute atomic E-state index is 0.109. The molecule has 0 bridgehead atoms. The Bertz CT molecular complexity index is 754. The summed E-state index contributed by atoms with van der Waals surface area (Å²) in [5.41, 5.74) is 5.12. The van der Waals surface area contributed by atoms with Crippen LogP contribution in [0.15, 0.2) is 37.8 Å². The standard InChI is InChI=1S/C12H13ClN4O2S/c1-6(14)7-3-4-9(8(13)5-7)20-12-15-10(18)11(19)16-17(12)2/h3-6H,14H2,1-2H3,(H,16,19)/t6-/m0/s1. The Morgan fingerprint density at radius 2 is 2.15 bits per heavy atom. The van der Waals surface area contributed by atoms with E-state index in [0.29, 0.717) is 10.2 Å². The van der Waals surface area contributed by atoms with Crippen molar-refractivity contribution < 1.29 is 0 Å². The highest BCUT2D eigenvalue weighted by Gasteiger charge is 2.10. The van der Waals surface area contributed by atoms with Gasteiger partial charge in [-0.05, 0) is 36.4 Å². The van der Waals surface area contributed by atoms with Crippen LogP contribution in [0.4, 0.5) is 0 Å². The van der Waals surface area contributed by atoms with Crippen molar-refractivity contribution in [2.45, 2.75) is 23.0 Å². The first kappa shape index (κ1) is 14.8. The maximum absolute atomic E-state index is 11.3. The number of halogens is 1. The van der Waals surface area contributed by atoms with E-state index in [1.807, 2.05) is 19.1 Å². The third kappa shape index (κ3) is 3.12. The van der Waals surface area contributed by atoms with E-state index in [0.717, 1.165) is 10.5 Å². The molecule has 1 atom stereocenters. The van der Waals surface area contributed by atoms with E-state index in [4.69, 9.17) is 17.3 Å². The highest BCUT2D eigenvalue weighted by Crippen LogP contribution is 2.32. The molecular weight excluding hydrogens is 300 g/mol. The molecular formula is C12H13ClN4O2S. The second-order valence-corrected chi connectivity index (χ2v) is 5.70. The molecule has 6 nitrogen and oxygen atoms in total. The molecule has 8 heteroatoms. The van der Waals surface area contributed by atoms with Gasteiger partial charge in [-0.25, -0.2) is 0 Å². The van der Waals surface area contributed by atoms with Crippen LogP contribution in [0.2, 0.25) is 5.02 Å². The molecule has 0 saturated heterocycles. The molecule has 1 aromatic carbocycles. The zero-order valence-corrected chi connectivity index (χ0v) is 12.5. The van der Waals surface area contributed by atoms with Crippen LogP contribution in [0.1, 0.15) is 18.5 Å². The summed E-state index contributed by atoms with van der Waals surface area (Å²) in [7, 11) is 1.60. The van der Waals surface area contributed by atoms with Crippen molar-refractivity contribution in [3.05, 3.63) is 49.5 Å². The average Bonchev–Trinajstić information content (AvgIpc) is 2.37. The molecule has 0 radical (unpaired) electrons. The molecule has 106 valence electrons. The SMILES string of the molecule is C[C@H](N)c1ccc(Sc2nc(=O)c(=O)[nH]n2C)c(Cl)c1. The lowest BCUT2D eigenvalue weighted by atomic mass is 10.1. The Hall–Kier alpha value is -1.57. The normalized spacial score (nSPS) is 12.4. The van der Waals surface area contributed by atoms with Crippen molar-refractivity contribution >= 4 is 23.4 Å². The molecule has 0 aliphatic carbocycles. The monoisotopic (exact) mass is 312 g/mol. The van der Waals surface area contributed by atoms with Crippen molar-refractivity contribution in [2.75, 3.05) is 0 Å². The van der Waals surface area contributed by atoms with E-state index in [-0.39, 0.29) is 6.04 Å². The van der Waals surface area contributed by atoms with Crippen LogP contribution in [-0.4, -0.2) is 14.8 Å². The summed E-state index contributed by atoms with van der Waals surface area (Å²) in [6.45, 7) is 1.87. The Labute approximate surface area is 124 Å². The lowest BCUT2D eigenvalue weighted by Gasteiger charge is -2.10. The fourth-order valence-corrected chi connectivity index (χ4v) is 2.64. The third-order valence-corrected chi connectivity index (χ3v) is 4.18. The van der Waals surface area contributed by atoms with E-state index >= 15 is 0 Å². The molecule has 1 heterocycles. The lowest BCUT2D eigenvalue weighted by molar-refractivity contribution is 0.596.